The number of carbonyl (C=O) groups is 3. The van der Waals surface area contributed by atoms with Gasteiger partial charge in [-0.2, -0.15) is 0 Å². The van der Waals surface area contributed by atoms with Crippen LogP contribution in [0.3, 0.4) is 0 Å². The minimum absolute atomic E-state index is 0.113. The van der Waals surface area contributed by atoms with E-state index in [0.29, 0.717) is 19.3 Å². The Morgan fingerprint density at radius 1 is 0.323 bits per heavy atom. The second kappa shape index (κ2) is 52.9. The Kier molecular flexibility index (Phi) is 50.0. The molecule has 0 aromatic rings. The first-order valence-corrected chi connectivity index (χ1v) is 26.7. The zero-order valence-electron chi connectivity index (χ0n) is 42.2. The van der Waals surface area contributed by atoms with Crippen molar-refractivity contribution in [2.75, 3.05) is 13.2 Å². The van der Waals surface area contributed by atoms with Gasteiger partial charge in [-0.05, 0) is 116 Å². The van der Waals surface area contributed by atoms with Crippen LogP contribution in [-0.2, 0) is 28.6 Å². The second-order valence-electron chi connectivity index (χ2n) is 17.4. The molecule has 0 aromatic carbocycles. The van der Waals surface area contributed by atoms with Crippen LogP contribution in [-0.4, -0.2) is 37.2 Å². The minimum atomic E-state index is -0.822. The van der Waals surface area contributed by atoms with Crippen molar-refractivity contribution in [3.8, 4) is 0 Å². The Hall–Kier alpha value is -3.67. The molecule has 0 aliphatic rings. The standard InChI is InChI=1S/C59H98O6/c1-4-7-10-13-16-19-22-25-28-29-32-34-37-40-43-46-49-52-58(61)64-55-56(65-59(62)53-50-47-44-41-38-35-31-27-24-21-18-15-12-9-6-3)54-63-57(60)51-48-45-42-39-36-33-30-26-23-20-17-14-11-8-5-2/h9,12,18,20-21,23,25,27-28,31-32,34,38,40-41,43,56H,4-8,10-11,13-17,19,22,24,26,29-30,33,35-37,39,42,44-55H2,1-3H3/b12-9-,21-18-,23-20-,28-25-,31-27-,34-32-,41-38-,43-40-/t56-/m0/s1. The molecule has 6 heteroatoms. The van der Waals surface area contributed by atoms with E-state index >= 15 is 0 Å². The van der Waals surface area contributed by atoms with Crippen molar-refractivity contribution in [2.45, 2.75) is 245 Å². The van der Waals surface area contributed by atoms with Crippen molar-refractivity contribution < 1.29 is 28.6 Å². The van der Waals surface area contributed by atoms with Crippen LogP contribution in [0.2, 0.25) is 0 Å². The molecule has 0 aromatic heterocycles. The highest BCUT2D eigenvalue weighted by molar-refractivity contribution is 5.71. The summed E-state index contributed by atoms with van der Waals surface area (Å²) in [6.07, 6.45) is 69.7. The Bertz CT molecular complexity index is 1310. The van der Waals surface area contributed by atoms with Crippen molar-refractivity contribution in [1.82, 2.24) is 0 Å². The number of carbonyl (C=O) groups excluding carboxylic acids is 3. The molecule has 0 unspecified atom stereocenters. The maximum atomic E-state index is 12.8. The average Bonchev–Trinajstić information content (AvgIpc) is 3.30. The number of allylic oxidation sites excluding steroid dienone is 16. The van der Waals surface area contributed by atoms with Crippen molar-refractivity contribution in [3.63, 3.8) is 0 Å². The van der Waals surface area contributed by atoms with E-state index in [1.54, 1.807) is 0 Å². The number of ether oxygens (including phenoxy) is 3. The smallest absolute Gasteiger partial charge is 0.306 e. The van der Waals surface area contributed by atoms with Gasteiger partial charge < -0.3 is 14.2 Å². The van der Waals surface area contributed by atoms with E-state index in [9.17, 15) is 14.4 Å². The molecule has 0 aliphatic carbocycles. The van der Waals surface area contributed by atoms with Gasteiger partial charge in [-0.15, -0.1) is 0 Å². The summed E-state index contributed by atoms with van der Waals surface area (Å²) in [6, 6.07) is 0. The molecule has 1 atom stereocenters. The van der Waals surface area contributed by atoms with Crippen LogP contribution in [0.5, 0.6) is 0 Å². The lowest BCUT2D eigenvalue weighted by molar-refractivity contribution is -0.167. The van der Waals surface area contributed by atoms with Gasteiger partial charge in [0, 0.05) is 19.3 Å². The largest absolute Gasteiger partial charge is 0.462 e. The van der Waals surface area contributed by atoms with E-state index in [4.69, 9.17) is 14.2 Å². The lowest BCUT2D eigenvalue weighted by atomic mass is 10.1. The third-order valence-electron chi connectivity index (χ3n) is 11.0. The summed E-state index contributed by atoms with van der Waals surface area (Å²) >= 11 is 0. The van der Waals surface area contributed by atoms with Crippen molar-refractivity contribution in [3.05, 3.63) is 97.2 Å². The Labute approximate surface area is 400 Å². The lowest BCUT2D eigenvalue weighted by Crippen LogP contribution is -2.30. The second-order valence-corrected chi connectivity index (χ2v) is 17.4. The molecule has 0 spiro atoms. The highest BCUT2D eigenvalue weighted by Crippen LogP contribution is 2.13. The summed E-state index contributed by atoms with van der Waals surface area (Å²) in [7, 11) is 0. The minimum Gasteiger partial charge on any atom is -0.462 e. The van der Waals surface area contributed by atoms with Gasteiger partial charge in [0.2, 0.25) is 0 Å². The summed E-state index contributed by atoms with van der Waals surface area (Å²) in [5.41, 5.74) is 0. The monoisotopic (exact) mass is 903 g/mol. The summed E-state index contributed by atoms with van der Waals surface area (Å²) in [4.78, 5) is 38.0. The Morgan fingerprint density at radius 2 is 0.615 bits per heavy atom. The fraction of sp³-hybridized carbons (Fsp3) is 0.678. The van der Waals surface area contributed by atoms with Gasteiger partial charge in [-0.1, -0.05) is 201 Å². The number of hydrogen-bond donors (Lipinski definition) is 0. The van der Waals surface area contributed by atoms with Gasteiger partial charge in [0.15, 0.2) is 6.10 Å². The Balaban J connectivity index is 4.54. The zero-order valence-corrected chi connectivity index (χ0v) is 42.2. The Morgan fingerprint density at radius 3 is 1.06 bits per heavy atom. The molecular weight excluding hydrogens is 805 g/mol. The van der Waals surface area contributed by atoms with Crippen LogP contribution in [0.25, 0.3) is 0 Å². The van der Waals surface area contributed by atoms with E-state index < -0.39 is 6.10 Å². The SMILES string of the molecule is CC/C=C\C/C=C\C/C=C\C/C=C\CCCCC(=O)O[C@H](COC(=O)CCC/C=C\C/C=C\C/C=C\CCCCCCCC)COC(=O)CCCCCCCCC/C=C\CCCCCC. The van der Waals surface area contributed by atoms with E-state index in [0.717, 1.165) is 77.0 Å². The number of rotatable bonds is 47. The van der Waals surface area contributed by atoms with Gasteiger partial charge in [-0.3, -0.25) is 14.4 Å². The molecule has 0 fully saturated rings. The maximum Gasteiger partial charge on any atom is 0.306 e. The first-order chi connectivity index (χ1) is 32.0. The average molecular weight is 903 g/mol. The van der Waals surface area contributed by atoms with Crippen molar-refractivity contribution in [2.24, 2.45) is 0 Å². The fourth-order valence-electron chi connectivity index (χ4n) is 7.03. The van der Waals surface area contributed by atoms with Crippen molar-refractivity contribution >= 4 is 17.9 Å². The topological polar surface area (TPSA) is 78.9 Å². The van der Waals surface area contributed by atoms with Crippen LogP contribution in [0.4, 0.5) is 0 Å². The molecule has 0 heterocycles. The van der Waals surface area contributed by atoms with Gasteiger partial charge >= 0.3 is 17.9 Å². The number of hydrogen-bond acceptors (Lipinski definition) is 6. The number of unbranched alkanes of at least 4 members (excludes halogenated alkanes) is 20. The molecule has 0 aliphatic heterocycles. The first kappa shape index (κ1) is 61.3. The van der Waals surface area contributed by atoms with Gasteiger partial charge in [0.25, 0.3) is 0 Å². The van der Waals surface area contributed by atoms with Crippen molar-refractivity contribution in [1.29, 1.82) is 0 Å². The molecule has 0 amide bonds. The fourth-order valence-corrected chi connectivity index (χ4v) is 7.03. The molecule has 0 bridgehead atoms. The maximum absolute atomic E-state index is 12.8. The van der Waals surface area contributed by atoms with E-state index in [2.05, 4.69) is 118 Å². The summed E-state index contributed by atoms with van der Waals surface area (Å²) in [5, 5.41) is 0. The molecule has 0 saturated carbocycles. The molecule has 0 N–H and O–H groups in total. The molecule has 0 saturated heterocycles. The van der Waals surface area contributed by atoms with Crippen LogP contribution in [0.1, 0.15) is 239 Å². The van der Waals surface area contributed by atoms with Crippen LogP contribution in [0.15, 0.2) is 97.2 Å². The van der Waals surface area contributed by atoms with E-state index in [-0.39, 0.29) is 44.0 Å². The first-order valence-electron chi connectivity index (χ1n) is 26.7. The quantitative estimate of drug-likeness (QED) is 0.0262. The zero-order chi connectivity index (χ0) is 47.2. The van der Waals surface area contributed by atoms with E-state index in [1.807, 2.05) is 0 Å². The third kappa shape index (κ3) is 51.2. The predicted molar refractivity (Wildman–Crippen MR) is 279 cm³/mol. The highest BCUT2D eigenvalue weighted by Gasteiger charge is 2.19. The van der Waals surface area contributed by atoms with E-state index in [1.165, 1.54) is 109 Å². The predicted octanol–water partition coefficient (Wildman–Crippen LogP) is 17.8. The lowest BCUT2D eigenvalue weighted by Gasteiger charge is -2.18. The normalized spacial score (nSPS) is 12.8. The molecule has 6 nitrogen and oxygen atoms in total. The summed E-state index contributed by atoms with van der Waals surface area (Å²) in [6.45, 7) is 6.42. The van der Waals surface area contributed by atoms with Crippen LogP contribution >= 0.6 is 0 Å². The molecule has 0 rings (SSSR count). The van der Waals surface area contributed by atoms with Gasteiger partial charge in [0.05, 0.1) is 0 Å². The molecule has 370 valence electrons. The third-order valence-corrected chi connectivity index (χ3v) is 11.0. The molecule has 0 radical (unpaired) electrons. The number of esters is 3. The summed E-state index contributed by atoms with van der Waals surface area (Å²) < 4.78 is 16.7. The molecule has 65 heavy (non-hydrogen) atoms. The molecular formula is C59H98O6. The van der Waals surface area contributed by atoms with Crippen LogP contribution < -0.4 is 0 Å². The van der Waals surface area contributed by atoms with Gasteiger partial charge in [-0.25, -0.2) is 0 Å². The van der Waals surface area contributed by atoms with Gasteiger partial charge in [0.1, 0.15) is 13.2 Å². The summed E-state index contributed by atoms with van der Waals surface area (Å²) in [5.74, 6) is -1.02. The highest BCUT2D eigenvalue weighted by atomic mass is 16.6. The van der Waals surface area contributed by atoms with Crippen LogP contribution in [0, 0.1) is 0 Å².